The fourth-order valence-electron chi connectivity index (χ4n) is 1.37. The molecule has 0 aromatic carbocycles. The highest BCUT2D eigenvalue weighted by Crippen LogP contribution is 2.04. The summed E-state index contributed by atoms with van der Waals surface area (Å²) in [4.78, 5) is 19.2. The second-order valence-corrected chi connectivity index (χ2v) is 3.61. The highest BCUT2D eigenvalue weighted by atomic mass is 16.5. The highest BCUT2D eigenvalue weighted by molar-refractivity contribution is 5.86. The standard InChI is InChI=1S/C11H13N5O2/c1-16-4-3-8(15-16)5-13-10-7-12-9(6-14-10)11(17)18-2/h3-4,6-7H,5H2,1-2H3,(H,13,14). The number of anilines is 1. The van der Waals surface area contributed by atoms with Crippen LogP contribution in [0.25, 0.3) is 0 Å². The molecule has 2 rings (SSSR count). The summed E-state index contributed by atoms with van der Waals surface area (Å²) >= 11 is 0. The van der Waals surface area contributed by atoms with E-state index in [1.54, 1.807) is 4.68 Å². The molecule has 2 aromatic heterocycles. The monoisotopic (exact) mass is 247 g/mol. The molecule has 2 aromatic rings. The van der Waals surface area contributed by atoms with Crippen molar-refractivity contribution in [2.75, 3.05) is 12.4 Å². The Labute approximate surface area is 104 Å². The molecule has 7 heteroatoms. The summed E-state index contributed by atoms with van der Waals surface area (Å²) in [5, 5.41) is 7.27. The largest absolute Gasteiger partial charge is 0.464 e. The van der Waals surface area contributed by atoms with Crippen molar-refractivity contribution in [1.82, 2.24) is 19.7 Å². The zero-order valence-corrected chi connectivity index (χ0v) is 10.1. The lowest BCUT2D eigenvalue weighted by atomic mass is 10.4. The molecule has 0 aliphatic heterocycles. The Hall–Kier alpha value is -2.44. The van der Waals surface area contributed by atoms with Gasteiger partial charge in [0.2, 0.25) is 0 Å². The molecule has 0 saturated heterocycles. The number of methoxy groups -OCH3 is 1. The molecule has 0 radical (unpaired) electrons. The van der Waals surface area contributed by atoms with Crippen LogP contribution < -0.4 is 5.32 Å². The zero-order chi connectivity index (χ0) is 13.0. The van der Waals surface area contributed by atoms with Crippen LogP contribution in [-0.4, -0.2) is 32.8 Å². The Morgan fingerprint density at radius 1 is 1.44 bits per heavy atom. The van der Waals surface area contributed by atoms with E-state index in [9.17, 15) is 4.79 Å². The summed E-state index contributed by atoms with van der Waals surface area (Å²) in [6.45, 7) is 0.549. The lowest BCUT2D eigenvalue weighted by Crippen LogP contribution is -2.07. The first-order valence-corrected chi connectivity index (χ1v) is 5.32. The molecule has 0 bridgehead atoms. The number of aryl methyl sites for hydroxylation is 1. The molecule has 2 heterocycles. The molecule has 1 N–H and O–H groups in total. The number of nitrogens with zero attached hydrogens (tertiary/aromatic N) is 4. The summed E-state index contributed by atoms with van der Waals surface area (Å²) in [6.07, 6.45) is 4.71. The number of hydrogen-bond donors (Lipinski definition) is 1. The molecule has 0 aliphatic rings. The Morgan fingerprint density at radius 2 is 2.28 bits per heavy atom. The predicted octanol–water partition coefficient (Wildman–Crippen LogP) is 0.609. The first-order valence-electron chi connectivity index (χ1n) is 5.32. The molecule has 0 atom stereocenters. The number of nitrogens with one attached hydrogen (secondary N) is 1. The van der Waals surface area contributed by atoms with Crippen LogP contribution in [-0.2, 0) is 18.3 Å². The van der Waals surface area contributed by atoms with Gasteiger partial charge in [0.25, 0.3) is 0 Å². The van der Waals surface area contributed by atoms with Crippen molar-refractivity contribution in [3.05, 3.63) is 36.0 Å². The molecular weight excluding hydrogens is 234 g/mol. The van der Waals surface area contributed by atoms with Gasteiger partial charge in [0.05, 0.1) is 31.7 Å². The molecular formula is C11H13N5O2. The fourth-order valence-corrected chi connectivity index (χ4v) is 1.37. The number of ether oxygens (including phenoxy) is 1. The van der Waals surface area contributed by atoms with Crippen LogP contribution in [0.2, 0.25) is 0 Å². The first-order chi connectivity index (χ1) is 8.69. The molecule has 7 nitrogen and oxygen atoms in total. The van der Waals surface area contributed by atoms with Crippen LogP contribution in [0.3, 0.4) is 0 Å². The van der Waals surface area contributed by atoms with Gasteiger partial charge in [-0.1, -0.05) is 0 Å². The highest BCUT2D eigenvalue weighted by Gasteiger charge is 2.07. The molecule has 0 aliphatic carbocycles. The van der Waals surface area contributed by atoms with Crippen LogP contribution in [0, 0.1) is 0 Å². The average Bonchev–Trinajstić information content (AvgIpc) is 2.82. The van der Waals surface area contributed by atoms with E-state index >= 15 is 0 Å². The van der Waals surface area contributed by atoms with E-state index in [0.29, 0.717) is 12.4 Å². The van der Waals surface area contributed by atoms with Crippen LogP contribution in [0.5, 0.6) is 0 Å². The fraction of sp³-hybridized carbons (Fsp3) is 0.273. The molecule has 0 fully saturated rings. The summed E-state index contributed by atoms with van der Waals surface area (Å²) in [6, 6.07) is 1.91. The maximum absolute atomic E-state index is 11.1. The van der Waals surface area contributed by atoms with Gasteiger partial charge in [-0.25, -0.2) is 14.8 Å². The van der Waals surface area contributed by atoms with Crippen molar-refractivity contribution >= 4 is 11.8 Å². The third-order valence-corrected chi connectivity index (χ3v) is 2.27. The van der Waals surface area contributed by atoms with Crippen molar-refractivity contribution in [2.45, 2.75) is 6.54 Å². The predicted molar refractivity (Wildman–Crippen MR) is 63.9 cm³/mol. The lowest BCUT2D eigenvalue weighted by Gasteiger charge is -2.03. The number of rotatable bonds is 4. The third kappa shape index (κ3) is 2.82. The molecule has 94 valence electrons. The van der Waals surface area contributed by atoms with Crippen LogP contribution in [0.1, 0.15) is 16.2 Å². The van der Waals surface area contributed by atoms with Gasteiger partial charge in [0.15, 0.2) is 5.69 Å². The van der Waals surface area contributed by atoms with Gasteiger partial charge in [-0.05, 0) is 6.07 Å². The van der Waals surface area contributed by atoms with Crippen LogP contribution in [0.4, 0.5) is 5.82 Å². The van der Waals surface area contributed by atoms with Crippen LogP contribution in [0.15, 0.2) is 24.7 Å². The summed E-state index contributed by atoms with van der Waals surface area (Å²) < 4.78 is 6.26. The van der Waals surface area contributed by atoms with Gasteiger partial charge in [0, 0.05) is 13.2 Å². The third-order valence-electron chi connectivity index (χ3n) is 2.27. The quantitative estimate of drug-likeness (QED) is 0.797. The van der Waals surface area contributed by atoms with E-state index in [2.05, 4.69) is 25.1 Å². The van der Waals surface area contributed by atoms with Gasteiger partial charge in [-0.15, -0.1) is 0 Å². The summed E-state index contributed by atoms with van der Waals surface area (Å²) in [5.41, 5.74) is 1.08. The van der Waals surface area contributed by atoms with E-state index in [-0.39, 0.29) is 5.69 Å². The number of carbonyl (C=O) groups is 1. The molecule has 0 saturated carbocycles. The minimum absolute atomic E-state index is 0.181. The van der Waals surface area contributed by atoms with Gasteiger partial charge in [0.1, 0.15) is 5.82 Å². The van der Waals surface area contributed by atoms with Crippen molar-refractivity contribution in [1.29, 1.82) is 0 Å². The van der Waals surface area contributed by atoms with Gasteiger partial charge < -0.3 is 10.1 Å². The normalized spacial score (nSPS) is 10.1. The topological polar surface area (TPSA) is 81.9 Å². The van der Waals surface area contributed by atoms with Crippen molar-refractivity contribution in [2.24, 2.45) is 7.05 Å². The minimum Gasteiger partial charge on any atom is -0.464 e. The maximum atomic E-state index is 11.1. The Morgan fingerprint density at radius 3 is 2.83 bits per heavy atom. The zero-order valence-electron chi connectivity index (χ0n) is 10.1. The first kappa shape index (κ1) is 12.0. The van der Waals surface area contributed by atoms with Crippen molar-refractivity contribution in [3.8, 4) is 0 Å². The number of esters is 1. The van der Waals surface area contributed by atoms with Gasteiger partial charge in [-0.2, -0.15) is 5.10 Å². The van der Waals surface area contributed by atoms with E-state index in [1.807, 2.05) is 19.3 Å². The van der Waals surface area contributed by atoms with E-state index < -0.39 is 5.97 Å². The van der Waals surface area contributed by atoms with E-state index in [1.165, 1.54) is 19.5 Å². The Bertz CT molecular complexity index is 535. The minimum atomic E-state index is -0.501. The number of aromatic nitrogens is 4. The number of hydrogen-bond acceptors (Lipinski definition) is 6. The molecule has 0 spiro atoms. The lowest BCUT2D eigenvalue weighted by molar-refractivity contribution is 0.0593. The van der Waals surface area contributed by atoms with Crippen molar-refractivity contribution in [3.63, 3.8) is 0 Å². The smallest absolute Gasteiger partial charge is 0.358 e. The maximum Gasteiger partial charge on any atom is 0.358 e. The summed E-state index contributed by atoms with van der Waals surface area (Å²) in [5.74, 6) is 0.0760. The number of carbonyl (C=O) groups excluding carboxylic acids is 1. The summed E-state index contributed by atoms with van der Waals surface area (Å²) in [7, 11) is 3.16. The van der Waals surface area contributed by atoms with E-state index in [4.69, 9.17) is 0 Å². The molecule has 0 unspecified atom stereocenters. The van der Waals surface area contributed by atoms with Gasteiger partial charge >= 0.3 is 5.97 Å². The van der Waals surface area contributed by atoms with Gasteiger partial charge in [-0.3, -0.25) is 4.68 Å². The average molecular weight is 247 g/mol. The molecule has 18 heavy (non-hydrogen) atoms. The van der Waals surface area contributed by atoms with E-state index in [0.717, 1.165) is 5.69 Å². The Kier molecular flexibility index (Phi) is 3.52. The SMILES string of the molecule is COC(=O)c1cnc(NCc2ccn(C)n2)cn1. The molecule has 0 amide bonds. The second kappa shape index (κ2) is 5.26. The Balaban J connectivity index is 1.96. The van der Waals surface area contributed by atoms with Crippen molar-refractivity contribution < 1.29 is 9.53 Å². The van der Waals surface area contributed by atoms with Crippen LogP contribution >= 0.6 is 0 Å². The second-order valence-electron chi connectivity index (χ2n) is 3.61.